The number of nitrogens with zero attached hydrogens (tertiary/aromatic N) is 1. The first-order valence-corrected chi connectivity index (χ1v) is 9.06. The van der Waals surface area contributed by atoms with Crippen LogP contribution in [-0.2, 0) is 9.53 Å². The van der Waals surface area contributed by atoms with Crippen LogP contribution in [0.1, 0.15) is 5.56 Å². The third-order valence-electron chi connectivity index (χ3n) is 4.88. The highest BCUT2D eigenvalue weighted by Crippen LogP contribution is 2.38. The number of carbonyl (C=O) groups is 1. The molecule has 6 heteroatoms. The molecule has 27 heavy (non-hydrogen) atoms. The largest absolute Gasteiger partial charge is 0.491 e. The average Bonchev–Trinajstić information content (AvgIpc) is 3.10. The molecule has 1 fully saturated rings. The van der Waals surface area contributed by atoms with E-state index in [1.165, 1.54) is 0 Å². The zero-order valence-corrected chi connectivity index (χ0v) is 15.2. The minimum Gasteiger partial charge on any atom is -0.491 e. The summed E-state index contributed by atoms with van der Waals surface area (Å²) in [7, 11) is 1.65. The van der Waals surface area contributed by atoms with E-state index in [0.29, 0.717) is 19.9 Å². The van der Waals surface area contributed by atoms with Crippen molar-refractivity contribution in [3.05, 3.63) is 66.4 Å². The number of ether oxygens (including phenoxy) is 2. The van der Waals surface area contributed by atoms with Crippen LogP contribution in [0.25, 0.3) is 5.57 Å². The van der Waals surface area contributed by atoms with Gasteiger partial charge in [0.25, 0.3) is 0 Å². The van der Waals surface area contributed by atoms with Crippen LogP contribution in [0.4, 0.5) is 5.69 Å². The van der Waals surface area contributed by atoms with Gasteiger partial charge in [0.2, 0.25) is 5.91 Å². The van der Waals surface area contributed by atoms with Gasteiger partial charge in [-0.3, -0.25) is 10.1 Å². The second kappa shape index (κ2) is 7.82. The van der Waals surface area contributed by atoms with Gasteiger partial charge in [0.15, 0.2) is 0 Å². The molecular weight excluding hydrogens is 342 g/mol. The van der Waals surface area contributed by atoms with Crippen LogP contribution >= 0.6 is 0 Å². The molecule has 2 aliphatic rings. The Kier molecular flexibility index (Phi) is 5.09. The molecule has 140 valence electrons. The van der Waals surface area contributed by atoms with Gasteiger partial charge in [-0.1, -0.05) is 30.3 Å². The predicted molar refractivity (Wildman–Crippen MR) is 104 cm³/mol. The fourth-order valence-electron chi connectivity index (χ4n) is 3.57. The van der Waals surface area contributed by atoms with Crippen LogP contribution < -0.4 is 20.3 Å². The van der Waals surface area contributed by atoms with Crippen molar-refractivity contribution in [3.8, 4) is 5.75 Å². The number of benzene rings is 2. The van der Waals surface area contributed by atoms with E-state index in [0.717, 1.165) is 22.6 Å². The van der Waals surface area contributed by atoms with Gasteiger partial charge in [-0.05, 0) is 35.4 Å². The Labute approximate surface area is 158 Å². The summed E-state index contributed by atoms with van der Waals surface area (Å²) in [4.78, 5) is 14.8. The van der Waals surface area contributed by atoms with E-state index in [1.807, 2.05) is 42.5 Å². The molecule has 0 saturated carbocycles. The summed E-state index contributed by atoms with van der Waals surface area (Å²) in [6.07, 6.45) is 1.98. The highest BCUT2D eigenvalue weighted by atomic mass is 16.5. The van der Waals surface area contributed by atoms with Crippen molar-refractivity contribution in [2.45, 2.75) is 6.17 Å². The van der Waals surface area contributed by atoms with Gasteiger partial charge in [0, 0.05) is 19.0 Å². The fourth-order valence-corrected chi connectivity index (χ4v) is 3.57. The molecule has 4 rings (SSSR count). The molecule has 2 unspecified atom stereocenters. The topological polar surface area (TPSA) is 62.8 Å². The lowest BCUT2D eigenvalue weighted by Gasteiger charge is -2.34. The Morgan fingerprint density at radius 1 is 1.07 bits per heavy atom. The number of rotatable bonds is 6. The van der Waals surface area contributed by atoms with E-state index in [9.17, 15) is 4.79 Å². The van der Waals surface area contributed by atoms with Crippen molar-refractivity contribution >= 4 is 17.2 Å². The quantitative estimate of drug-likeness (QED) is 0.769. The lowest BCUT2D eigenvalue weighted by molar-refractivity contribution is -0.125. The monoisotopic (exact) mass is 365 g/mol. The van der Waals surface area contributed by atoms with E-state index in [-0.39, 0.29) is 18.0 Å². The summed E-state index contributed by atoms with van der Waals surface area (Å²) in [5, 5.41) is 6.32. The van der Waals surface area contributed by atoms with Gasteiger partial charge in [-0.25, -0.2) is 0 Å². The number of methoxy groups -OCH3 is 1. The summed E-state index contributed by atoms with van der Waals surface area (Å²) >= 11 is 0. The van der Waals surface area contributed by atoms with Crippen LogP contribution in [-0.4, -0.2) is 39.1 Å². The summed E-state index contributed by atoms with van der Waals surface area (Å²) in [6, 6.07) is 18.0. The van der Waals surface area contributed by atoms with E-state index < -0.39 is 0 Å². The number of amides is 1. The Morgan fingerprint density at radius 3 is 2.59 bits per heavy atom. The van der Waals surface area contributed by atoms with Crippen LogP contribution in [0.2, 0.25) is 0 Å². The normalized spacial score (nSPS) is 21.4. The fraction of sp³-hybridized carbons (Fsp3) is 0.286. The first-order chi connectivity index (χ1) is 13.3. The third-order valence-corrected chi connectivity index (χ3v) is 4.88. The van der Waals surface area contributed by atoms with Gasteiger partial charge in [-0.2, -0.15) is 0 Å². The molecule has 1 amide bonds. The maximum Gasteiger partial charge on any atom is 0.232 e. The molecule has 2 N–H and O–H groups in total. The molecule has 2 aromatic rings. The van der Waals surface area contributed by atoms with E-state index in [2.05, 4.69) is 33.9 Å². The van der Waals surface area contributed by atoms with Crippen molar-refractivity contribution in [3.63, 3.8) is 0 Å². The Hall–Kier alpha value is -2.83. The molecule has 0 bridgehead atoms. The van der Waals surface area contributed by atoms with Gasteiger partial charge in [0.05, 0.1) is 19.2 Å². The number of hydrogen-bond acceptors (Lipinski definition) is 5. The first-order valence-electron chi connectivity index (χ1n) is 9.06. The molecule has 1 saturated heterocycles. The SMILES string of the molecule is COCCOc1ccc(C2=CN(c3ccccc3)C3NCNC(=O)C23)cc1. The van der Waals surface area contributed by atoms with Crippen molar-refractivity contribution in [2.75, 3.05) is 31.9 Å². The van der Waals surface area contributed by atoms with Gasteiger partial charge < -0.3 is 19.7 Å². The van der Waals surface area contributed by atoms with E-state index >= 15 is 0 Å². The highest BCUT2D eigenvalue weighted by molar-refractivity contribution is 5.96. The standard InChI is InChI=1S/C21H23N3O3/c1-26-11-12-27-17-9-7-15(8-10-17)18-13-24(16-5-3-2-4-6-16)20-19(18)21(25)23-14-22-20/h2-10,13,19-20,22H,11-12,14H2,1H3,(H,23,25). The van der Waals surface area contributed by atoms with Crippen molar-refractivity contribution < 1.29 is 14.3 Å². The smallest absolute Gasteiger partial charge is 0.232 e. The molecular formula is C21H23N3O3. The summed E-state index contributed by atoms with van der Waals surface area (Å²) in [5.74, 6) is 0.570. The highest BCUT2D eigenvalue weighted by Gasteiger charge is 2.43. The van der Waals surface area contributed by atoms with E-state index in [1.54, 1.807) is 7.11 Å². The molecule has 2 atom stereocenters. The van der Waals surface area contributed by atoms with Crippen LogP contribution in [0.5, 0.6) is 5.75 Å². The van der Waals surface area contributed by atoms with Gasteiger partial charge in [-0.15, -0.1) is 0 Å². The lowest BCUT2D eigenvalue weighted by Crippen LogP contribution is -2.58. The summed E-state index contributed by atoms with van der Waals surface area (Å²) in [5.41, 5.74) is 3.07. The van der Waals surface area contributed by atoms with Crippen molar-refractivity contribution in [2.24, 2.45) is 5.92 Å². The van der Waals surface area contributed by atoms with Crippen LogP contribution in [0, 0.1) is 5.92 Å². The molecule has 2 heterocycles. The molecule has 0 spiro atoms. The van der Waals surface area contributed by atoms with Gasteiger partial charge in [0.1, 0.15) is 18.5 Å². The minimum absolute atomic E-state index is 0.0452. The maximum absolute atomic E-state index is 12.6. The summed E-state index contributed by atoms with van der Waals surface area (Å²) in [6.45, 7) is 1.53. The molecule has 0 radical (unpaired) electrons. The summed E-state index contributed by atoms with van der Waals surface area (Å²) < 4.78 is 10.6. The first kappa shape index (κ1) is 17.6. The Bertz CT molecular complexity index is 820. The predicted octanol–water partition coefficient (Wildman–Crippen LogP) is 2.19. The maximum atomic E-state index is 12.6. The number of anilines is 1. The van der Waals surface area contributed by atoms with Gasteiger partial charge >= 0.3 is 0 Å². The number of carbonyl (C=O) groups excluding carboxylic acids is 1. The second-order valence-electron chi connectivity index (χ2n) is 6.54. The molecule has 6 nitrogen and oxygen atoms in total. The lowest BCUT2D eigenvalue weighted by atomic mass is 9.91. The van der Waals surface area contributed by atoms with Crippen molar-refractivity contribution in [1.29, 1.82) is 0 Å². The molecule has 0 aromatic heterocycles. The number of para-hydroxylation sites is 1. The van der Waals surface area contributed by atoms with Crippen molar-refractivity contribution in [1.82, 2.24) is 10.6 Å². The second-order valence-corrected chi connectivity index (χ2v) is 6.54. The Balaban J connectivity index is 1.62. The number of fused-ring (bicyclic) bond motifs is 1. The zero-order chi connectivity index (χ0) is 18.6. The Morgan fingerprint density at radius 2 is 1.85 bits per heavy atom. The minimum atomic E-state index is -0.265. The van der Waals surface area contributed by atoms with E-state index in [4.69, 9.17) is 9.47 Å². The third kappa shape index (κ3) is 3.54. The number of hydrogen-bond donors (Lipinski definition) is 2. The number of nitrogens with one attached hydrogen (secondary N) is 2. The van der Waals surface area contributed by atoms with Crippen LogP contribution in [0.15, 0.2) is 60.8 Å². The zero-order valence-electron chi connectivity index (χ0n) is 15.2. The average molecular weight is 365 g/mol. The van der Waals surface area contributed by atoms with Crippen LogP contribution in [0.3, 0.4) is 0 Å². The molecule has 2 aromatic carbocycles. The molecule has 0 aliphatic carbocycles. The molecule has 2 aliphatic heterocycles.